The summed E-state index contributed by atoms with van der Waals surface area (Å²) < 4.78 is 0. The molecule has 0 aliphatic carbocycles. The van der Waals surface area contributed by atoms with Crippen LogP contribution in [-0.4, -0.2) is 38.1 Å². The van der Waals surface area contributed by atoms with E-state index in [2.05, 4.69) is 45.1 Å². The van der Waals surface area contributed by atoms with Gasteiger partial charge in [0.1, 0.15) is 0 Å². The molecule has 0 rings (SSSR count). The van der Waals surface area contributed by atoms with Gasteiger partial charge in [-0.2, -0.15) is 0 Å². The van der Waals surface area contributed by atoms with Gasteiger partial charge < -0.3 is 10.2 Å². The van der Waals surface area contributed by atoms with Crippen molar-refractivity contribution < 1.29 is 0 Å². The van der Waals surface area contributed by atoms with Crippen LogP contribution in [0.2, 0.25) is 0 Å². The fourth-order valence-corrected chi connectivity index (χ4v) is 1.58. The molecule has 0 saturated heterocycles. The van der Waals surface area contributed by atoms with Crippen molar-refractivity contribution >= 4 is 0 Å². The molecule has 13 heavy (non-hydrogen) atoms. The third-order valence-corrected chi connectivity index (χ3v) is 2.02. The Morgan fingerprint density at radius 3 is 2.23 bits per heavy atom. The molecule has 0 spiro atoms. The third kappa shape index (κ3) is 8.26. The second kappa shape index (κ2) is 7.34. The Labute approximate surface area is 83.7 Å². The van der Waals surface area contributed by atoms with Gasteiger partial charge >= 0.3 is 0 Å². The summed E-state index contributed by atoms with van der Waals surface area (Å²) in [5.41, 5.74) is 0. The van der Waals surface area contributed by atoms with Crippen molar-refractivity contribution in [2.75, 3.05) is 27.2 Å². The third-order valence-electron chi connectivity index (χ3n) is 2.02. The van der Waals surface area contributed by atoms with E-state index in [1.54, 1.807) is 0 Å². The summed E-state index contributed by atoms with van der Waals surface area (Å²) in [5, 5.41) is 3.59. The lowest BCUT2D eigenvalue weighted by molar-refractivity contribution is 0.306. The number of hydrogen-bond donors (Lipinski definition) is 1. The highest BCUT2D eigenvalue weighted by Gasteiger charge is 2.10. The van der Waals surface area contributed by atoms with Crippen LogP contribution in [0.15, 0.2) is 0 Å². The highest BCUT2D eigenvalue weighted by molar-refractivity contribution is 4.70. The van der Waals surface area contributed by atoms with Gasteiger partial charge in [0, 0.05) is 12.6 Å². The molecule has 0 heterocycles. The van der Waals surface area contributed by atoms with Crippen molar-refractivity contribution in [2.45, 2.75) is 39.7 Å². The standard InChI is InChI=1S/C11H26N2/c1-6-7-12-11(8-10(2)3)9-13(4)5/h10-12H,6-9H2,1-5H3. The Bertz CT molecular complexity index is 101. The summed E-state index contributed by atoms with van der Waals surface area (Å²) in [6.07, 6.45) is 2.50. The maximum atomic E-state index is 3.59. The minimum Gasteiger partial charge on any atom is -0.313 e. The van der Waals surface area contributed by atoms with E-state index in [1.807, 2.05) is 0 Å². The maximum absolute atomic E-state index is 3.59. The van der Waals surface area contributed by atoms with Crippen molar-refractivity contribution in [1.29, 1.82) is 0 Å². The molecule has 2 nitrogen and oxygen atoms in total. The molecule has 0 aromatic rings. The van der Waals surface area contributed by atoms with Crippen LogP contribution in [0, 0.1) is 5.92 Å². The van der Waals surface area contributed by atoms with E-state index in [0.717, 1.165) is 19.0 Å². The molecule has 1 N–H and O–H groups in total. The van der Waals surface area contributed by atoms with E-state index in [9.17, 15) is 0 Å². The zero-order chi connectivity index (χ0) is 10.3. The Hall–Kier alpha value is -0.0800. The second-order valence-corrected chi connectivity index (χ2v) is 4.54. The van der Waals surface area contributed by atoms with E-state index in [1.165, 1.54) is 12.8 Å². The van der Waals surface area contributed by atoms with Gasteiger partial charge in [-0.05, 0) is 39.4 Å². The molecule has 0 fully saturated rings. The van der Waals surface area contributed by atoms with Gasteiger partial charge in [0.05, 0.1) is 0 Å². The SMILES string of the molecule is CCCNC(CC(C)C)CN(C)C. The monoisotopic (exact) mass is 186 g/mol. The Kier molecular flexibility index (Phi) is 7.29. The number of likely N-dealkylation sites (N-methyl/N-ethyl adjacent to an activating group) is 1. The van der Waals surface area contributed by atoms with Crippen LogP contribution in [0.1, 0.15) is 33.6 Å². The van der Waals surface area contributed by atoms with Gasteiger partial charge in [0.15, 0.2) is 0 Å². The zero-order valence-corrected chi connectivity index (χ0v) is 9.93. The number of hydrogen-bond acceptors (Lipinski definition) is 2. The molecule has 0 saturated carbocycles. The predicted octanol–water partition coefficient (Wildman–Crippen LogP) is 1.96. The molecule has 0 bridgehead atoms. The zero-order valence-electron chi connectivity index (χ0n) is 9.93. The minimum absolute atomic E-state index is 0.662. The first-order valence-corrected chi connectivity index (χ1v) is 5.44. The molecule has 0 aliphatic heterocycles. The molecule has 0 aromatic carbocycles. The normalized spacial score (nSPS) is 14.1. The molecule has 0 aromatic heterocycles. The largest absolute Gasteiger partial charge is 0.313 e. The van der Waals surface area contributed by atoms with Crippen LogP contribution in [0.25, 0.3) is 0 Å². The fraction of sp³-hybridized carbons (Fsp3) is 1.00. The Morgan fingerprint density at radius 2 is 1.85 bits per heavy atom. The first-order chi connectivity index (χ1) is 6.06. The van der Waals surface area contributed by atoms with Gasteiger partial charge in [0.2, 0.25) is 0 Å². The first-order valence-electron chi connectivity index (χ1n) is 5.44. The molecule has 80 valence electrons. The van der Waals surface area contributed by atoms with Gasteiger partial charge in [-0.1, -0.05) is 20.8 Å². The minimum atomic E-state index is 0.662. The summed E-state index contributed by atoms with van der Waals surface area (Å²) in [7, 11) is 4.28. The quantitative estimate of drug-likeness (QED) is 0.654. The topological polar surface area (TPSA) is 15.3 Å². The van der Waals surface area contributed by atoms with Crippen molar-refractivity contribution in [2.24, 2.45) is 5.92 Å². The van der Waals surface area contributed by atoms with Crippen LogP contribution < -0.4 is 5.32 Å². The number of nitrogens with zero attached hydrogens (tertiary/aromatic N) is 1. The summed E-state index contributed by atoms with van der Waals surface area (Å²) in [5.74, 6) is 0.786. The maximum Gasteiger partial charge on any atom is 0.0197 e. The molecule has 0 aliphatic rings. The van der Waals surface area contributed by atoms with E-state index < -0.39 is 0 Å². The van der Waals surface area contributed by atoms with E-state index in [4.69, 9.17) is 0 Å². The van der Waals surface area contributed by atoms with Crippen LogP contribution in [0.3, 0.4) is 0 Å². The highest BCUT2D eigenvalue weighted by atomic mass is 15.1. The summed E-state index contributed by atoms with van der Waals surface area (Å²) in [6.45, 7) is 9.09. The molecular weight excluding hydrogens is 160 g/mol. The number of nitrogens with one attached hydrogen (secondary N) is 1. The highest BCUT2D eigenvalue weighted by Crippen LogP contribution is 2.05. The Morgan fingerprint density at radius 1 is 1.23 bits per heavy atom. The molecule has 0 radical (unpaired) electrons. The second-order valence-electron chi connectivity index (χ2n) is 4.54. The fourth-order valence-electron chi connectivity index (χ4n) is 1.58. The van der Waals surface area contributed by atoms with Crippen molar-refractivity contribution in [3.8, 4) is 0 Å². The smallest absolute Gasteiger partial charge is 0.0197 e. The van der Waals surface area contributed by atoms with E-state index in [0.29, 0.717) is 6.04 Å². The first kappa shape index (κ1) is 12.9. The average Bonchev–Trinajstić information content (AvgIpc) is 1.98. The van der Waals surface area contributed by atoms with Crippen molar-refractivity contribution in [3.63, 3.8) is 0 Å². The molecule has 0 amide bonds. The number of rotatable bonds is 7. The van der Waals surface area contributed by atoms with Gasteiger partial charge in [-0.25, -0.2) is 0 Å². The van der Waals surface area contributed by atoms with Crippen LogP contribution in [-0.2, 0) is 0 Å². The van der Waals surface area contributed by atoms with Crippen LogP contribution in [0.4, 0.5) is 0 Å². The lowest BCUT2D eigenvalue weighted by atomic mass is 10.0. The molecule has 1 atom stereocenters. The average molecular weight is 186 g/mol. The summed E-state index contributed by atoms with van der Waals surface area (Å²) in [6, 6.07) is 0.662. The van der Waals surface area contributed by atoms with E-state index in [-0.39, 0.29) is 0 Å². The van der Waals surface area contributed by atoms with E-state index >= 15 is 0 Å². The lowest BCUT2D eigenvalue weighted by Crippen LogP contribution is -2.39. The van der Waals surface area contributed by atoms with Crippen molar-refractivity contribution in [1.82, 2.24) is 10.2 Å². The Balaban J connectivity index is 3.73. The molecule has 2 heteroatoms. The van der Waals surface area contributed by atoms with Gasteiger partial charge in [0.25, 0.3) is 0 Å². The van der Waals surface area contributed by atoms with Crippen LogP contribution in [0.5, 0.6) is 0 Å². The molecule has 1 unspecified atom stereocenters. The predicted molar refractivity (Wildman–Crippen MR) is 60.1 cm³/mol. The summed E-state index contributed by atoms with van der Waals surface area (Å²) >= 11 is 0. The van der Waals surface area contributed by atoms with Gasteiger partial charge in [-0.3, -0.25) is 0 Å². The lowest BCUT2D eigenvalue weighted by Gasteiger charge is -2.23. The summed E-state index contributed by atoms with van der Waals surface area (Å²) in [4.78, 5) is 2.26. The van der Waals surface area contributed by atoms with Crippen LogP contribution >= 0.6 is 0 Å². The van der Waals surface area contributed by atoms with Crippen molar-refractivity contribution in [3.05, 3.63) is 0 Å². The van der Waals surface area contributed by atoms with Gasteiger partial charge in [-0.15, -0.1) is 0 Å². The molecular formula is C11H26N2.